The summed E-state index contributed by atoms with van der Waals surface area (Å²) in [7, 11) is 0. The third kappa shape index (κ3) is 3.28. The van der Waals surface area contributed by atoms with Crippen LogP contribution in [-0.2, 0) is 0 Å². The maximum absolute atomic E-state index is 13.3. The van der Waals surface area contributed by atoms with Gasteiger partial charge in [-0.2, -0.15) is 0 Å². The van der Waals surface area contributed by atoms with E-state index in [1.165, 1.54) is 0 Å². The van der Waals surface area contributed by atoms with Crippen LogP contribution in [-0.4, -0.2) is 5.91 Å². The lowest BCUT2D eigenvalue weighted by Gasteiger charge is -2.36. The van der Waals surface area contributed by atoms with Crippen molar-refractivity contribution in [1.82, 2.24) is 0 Å². The molecule has 1 aliphatic rings. The maximum atomic E-state index is 13.3. The highest BCUT2D eigenvalue weighted by atomic mass is 79.9. The summed E-state index contributed by atoms with van der Waals surface area (Å²) in [6.07, 6.45) is 0. The summed E-state index contributed by atoms with van der Waals surface area (Å²) >= 11 is 8.76. The average molecular weight is 475 g/mol. The fraction of sp³-hybridized carbons (Fsp3) is 0.0500. The van der Waals surface area contributed by atoms with Crippen LogP contribution in [0.3, 0.4) is 0 Å². The number of nitrogens with zero attached hydrogens (tertiary/aromatic N) is 1. The predicted octanol–water partition coefficient (Wildman–Crippen LogP) is 6.66. The molecule has 0 bridgehead atoms. The van der Waals surface area contributed by atoms with Crippen molar-refractivity contribution in [3.8, 4) is 0 Å². The molecule has 5 heteroatoms. The first-order chi connectivity index (χ1) is 12.1. The van der Waals surface area contributed by atoms with E-state index in [1.54, 1.807) is 11.8 Å². The summed E-state index contributed by atoms with van der Waals surface area (Å²) in [5.74, 6) is 0.0254. The van der Waals surface area contributed by atoms with E-state index >= 15 is 0 Å². The van der Waals surface area contributed by atoms with E-state index < -0.39 is 0 Å². The molecule has 0 spiro atoms. The smallest absolute Gasteiger partial charge is 0.260 e. The number of amides is 1. The van der Waals surface area contributed by atoms with Gasteiger partial charge in [-0.3, -0.25) is 9.69 Å². The van der Waals surface area contributed by atoms with Gasteiger partial charge in [0.2, 0.25) is 0 Å². The van der Waals surface area contributed by atoms with Gasteiger partial charge in [0, 0.05) is 19.5 Å². The molecule has 1 unspecified atom stereocenters. The van der Waals surface area contributed by atoms with Crippen LogP contribution < -0.4 is 4.90 Å². The fourth-order valence-corrected chi connectivity index (χ4v) is 5.00. The fourth-order valence-electron chi connectivity index (χ4n) is 2.91. The quantitative estimate of drug-likeness (QED) is 0.413. The monoisotopic (exact) mass is 473 g/mol. The van der Waals surface area contributed by atoms with Crippen LogP contribution in [0.5, 0.6) is 0 Å². The third-order valence-electron chi connectivity index (χ3n) is 4.03. The SMILES string of the molecule is O=C1c2ccccc2SC(c2cccc(Br)c2)N1c1cccc(Br)c1. The van der Waals surface area contributed by atoms with Crippen molar-refractivity contribution in [1.29, 1.82) is 0 Å². The number of thioether (sulfide) groups is 1. The Morgan fingerprint density at radius 1 is 0.840 bits per heavy atom. The van der Waals surface area contributed by atoms with Crippen LogP contribution in [0.4, 0.5) is 5.69 Å². The minimum absolute atomic E-state index is 0.0254. The molecule has 25 heavy (non-hydrogen) atoms. The highest BCUT2D eigenvalue weighted by molar-refractivity contribution is 9.10. The number of hydrogen-bond donors (Lipinski definition) is 0. The molecule has 1 aliphatic heterocycles. The molecule has 1 heterocycles. The molecule has 1 atom stereocenters. The van der Waals surface area contributed by atoms with Crippen LogP contribution >= 0.6 is 43.6 Å². The molecule has 124 valence electrons. The summed E-state index contributed by atoms with van der Waals surface area (Å²) < 4.78 is 1.96. The highest BCUT2D eigenvalue weighted by Crippen LogP contribution is 2.47. The van der Waals surface area contributed by atoms with Crippen LogP contribution in [0, 0.1) is 0 Å². The molecule has 0 saturated carbocycles. The summed E-state index contributed by atoms with van der Waals surface area (Å²) in [5, 5.41) is -0.116. The number of benzene rings is 3. The number of carbonyl (C=O) groups is 1. The number of hydrogen-bond acceptors (Lipinski definition) is 2. The summed E-state index contributed by atoms with van der Waals surface area (Å²) in [6.45, 7) is 0. The van der Waals surface area contributed by atoms with Crippen molar-refractivity contribution in [2.45, 2.75) is 10.3 Å². The Morgan fingerprint density at radius 3 is 2.32 bits per heavy atom. The van der Waals surface area contributed by atoms with Gasteiger partial charge in [-0.05, 0) is 48.0 Å². The van der Waals surface area contributed by atoms with Crippen LogP contribution in [0.15, 0.2) is 86.6 Å². The second-order valence-electron chi connectivity index (χ2n) is 5.68. The van der Waals surface area contributed by atoms with Crippen molar-refractivity contribution >= 4 is 55.2 Å². The molecule has 0 saturated heterocycles. The third-order valence-corrected chi connectivity index (χ3v) is 6.33. The molecular weight excluding hydrogens is 462 g/mol. The van der Waals surface area contributed by atoms with E-state index in [4.69, 9.17) is 0 Å². The molecule has 0 aliphatic carbocycles. The van der Waals surface area contributed by atoms with Crippen molar-refractivity contribution in [2.75, 3.05) is 4.90 Å². The lowest BCUT2D eigenvalue weighted by atomic mass is 10.1. The van der Waals surface area contributed by atoms with Crippen molar-refractivity contribution in [3.63, 3.8) is 0 Å². The number of halogens is 2. The Labute approximate surface area is 167 Å². The minimum Gasteiger partial charge on any atom is -0.291 e. The molecule has 0 aromatic heterocycles. The molecule has 3 aromatic rings. The molecule has 0 radical (unpaired) electrons. The van der Waals surface area contributed by atoms with Crippen molar-refractivity contribution in [3.05, 3.63) is 92.9 Å². The Hall–Kier alpha value is -1.56. The van der Waals surface area contributed by atoms with Crippen molar-refractivity contribution in [2.24, 2.45) is 0 Å². The topological polar surface area (TPSA) is 20.3 Å². The normalized spacial score (nSPS) is 16.6. The first kappa shape index (κ1) is 16.9. The summed E-state index contributed by atoms with van der Waals surface area (Å²) in [4.78, 5) is 16.2. The summed E-state index contributed by atoms with van der Waals surface area (Å²) in [5.41, 5.74) is 2.72. The standard InChI is InChI=1S/C20H13Br2NOS/c21-14-6-3-5-13(11-14)20-23(16-8-4-7-15(22)12-16)19(24)17-9-1-2-10-18(17)25-20/h1-12,20H. The van der Waals surface area contributed by atoms with E-state index in [-0.39, 0.29) is 11.3 Å². The lowest BCUT2D eigenvalue weighted by Crippen LogP contribution is -2.36. The highest BCUT2D eigenvalue weighted by Gasteiger charge is 2.35. The van der Waals surface area contributed by atoms with E-state index in [0.717, 1.165) is 30.7 Å². The second kappa shape index (κ2) is 6.98. The van der Waals surface area contributed by atoms with Crippen LogP contribution in [0.1, 0.15) is 21.3 Å². The maximum Gasteiger partial charge on any atom is 0.260 e. The number of carbonyl (C=O) groups excluding carboxylic acids is 1. The first-order valence-electron chi connectivity index (χ1n) is 7.74. The zero-order chi connectivity index (χ0) is 17.4. The van der Waals surface area contributed by atoms with E-state index in [0.29, 0.717) is 0 Å². The number of fused-ring (bicyclic) bond motifs is 1. The lowest BCUT2D eigenvalue weighted by molar-refractivity contribution is 0.0979. The van der Waals surface area contributed by atoms with E-state index in [1.807, 2.05) is 65.6 Å². The van der Waals surface area contributed by atoms with Crippen molar-refractivity contribution < 1.29 is 4.79 Å². The van der Waals surface area contributed by atoms with Gasteiger partial charge in [-0.1, -0.05) is 74.0 Å². The van der Waals surface area contributed by atoms with Gasteiger partial charge in [-0.15, -0.1) is 0 Å². The zero-order valence-corrected chi connectivity index (χ0v) is 17.0. The first-order valence-corrected chi connectivity index (χ1v) is 10.2. The van der Waals surface area contributed by atoms with E-state index in [2.05, 4.69) is 44.0 Å². The Balaban J connectivity index is 1.88. The minimum atomic E-state index is -0.116. The van der Waals surface area contributed by atoms with Gasteiger partial charge in [-0.25, -0.2) is 0 Å². The number of anilines is 1. The van der Waals surface area contributed by atoms with Gasteiger partial charge in [0.05, 0.1) is 5.56 Å². The Bertz CT molecular complexity index is 960. The van der Waals surface area contributed by atoms with Gasteiger partial charge < -0.3 is 0 Å². The van der Waals surface area contributed by atoms with Crippen LogP contribution in [0.25, 0.3) is 0 Å². The predicted molar refractivity (Wildman–Crippen MR) is 110 cm³/mol. The molecule has 3 aromatic carbocycles. The van der Waals surface area contributed by atoms with Gasteiger partial charge in [0.1, 0.15) is 5.37 Å². The molecule has 4 rings (SSSR count). The Morgan fingerprint density at radius 2 is 1.56 bits per heavy atom. The molecule has 0 N–H and O–H groups in total. The van der Waals surface area contributed by atoms with E-state index in [9.17, 15) is 4.79 Å². The van der Waals surface area contributed by atoms with Gasteiger partial charge in [0.15, 0.2) is 0 Å². The second-order valence-corrected chi connectivity index (χ2v) is 8.63. The molecule has 0 fully saturated rings. The molecule has 1 amide bonds. The van der Waals surface area contributed by atoms with Crippen LogP contribution in [0.2, 0.25) is 0 Å². The average Bonchev–Trinajstić information content (AvgIpc) is 2.61. The molecule has 2 nitrogen and oxygen atoms in total. The zero-order valence-electron chi connectivity index (χ0n) is 13.0. The summed E-state index contributed by atoms with van der Waals surface area (Å²) in [6, 6.07) is 23.8. The largest absolute Gasteiger partial charge is 0.291 e. The van der Waals surface area contributed by atoms with Gasteiger partial charge in [0.25, 0.3) is 5.91 Å². The molecular formula is C20H13Br2NOS. The van der Waals surface area contributed by atoms with Gasteiger partial charge >= 0.3 is 0 Å². The Kier molecular flexibility index (Phi) is 4.71. The number of rotatable bonds is 2.